The van der Waals surface area contributed by atoms with Crippen LogP contribution < -0.4 is 16.4 Å². The van der Waals surface area contributed by atoms with Gasteiger partial charge >= 0.3 is 0 Å². The molecule has 2 rings (SSSR count). The first kappa shape index (κ1) is 19.5. The number of anilines is 2. The Bertz CT molecular complexity index is 726. The molecule has 0 fully saturated rings. The summed E-state index contributed by atoms with van der Waals surface area (Å²) in [4.78, 5) is 23.9. The molecule has 0 atom stereocenters. The topological polar surface area (TPSA) is 84.2 Å². The molecule has 0 saturated heterocycles. The van der Waals surface area contributed by atoms with Crippen molar-refractivity contribution in [2.45, 2.75) is 39.0 Å². The fourth-order valence-corrected chi connectivity index (χ4v) is 2.60. The fraction of sp³-hybridized carbons (Fsp3) is 0.333. The van der Waals surface area contributed by atoms with Gasteiger partial charge in [0.15, 0.2) is 0 Å². The van der Waals surface area contributed by atoms with Gasteiger partial charge in [0.05, 0.1) is 11.4 Å². The Morgan fingerprint density at radius 2 is 1.62 bits per heavy atom. The van der Waals surface area contributed by atoms with Crippen molar-refractivity contribution in [3.05, 3.63) is 59.7 Å². The molecule has 0 unspecified atom stereocenters. The van der Waals surface area contributed by atoms with Gasteiger partial charge in [-0.3, -0.25) is 9.59 Å². The minimum Gasteiger partial charge on any atom is -0.397 e. The number of carbonyl (C=O) groups excluding carboxylic acids is 2. The maximum atomic E-state index is 12.0. The Morgan fingerprint density at radius 1 is 0.923 bits per heavy atom. The van der Waals surface area contributed by atoms with Crippen molar-refractivity contribution >= 4 is 23.2 Å². The summed E-state index contributed by atoms with van der Waals surface area (Å²) in [6.07, 6.45) is 4.15. The first-order valence-corrected chi connectivity index (χ1v) is 9.05. The van der Waals surface area contributed by atoms with Crippen LogP contribution in [0.25, 0.3) is 0 Å². The molecule has 138 valence electrons. The van der Waals surface area contributed by atoms with Crippen molar-refractivity contribution in [1.29, 1.82) is 0 Å². The van der Waals surface area contributed by atoms with Crippen molar-refractivity contribution in [1.82, 2.24) is 5.32 Å². The van der Waals surface area contributed by atoms with E-state index in [1.165, 1.54) is 0 Å². The molecule has 0 spiro atoms. The molecule has 2 aromatic carbocycles. The third kappa shape index (κ3) is 6.59. The summed E-state index contributed by atoms with van der Waals surface area (Å²) in [6, 6.07) is 14.8. The van der Waals surface area contributed by atoms with Crippen molar-refractivity contribution in [3.63, 3.8) is 0 Å². The summed E-state index contributed by atoms with van der Waals surface area (Å²) in [7, 11) is 0. The standard InChI is InChI=1S/C21H27N3O2/c1-16-11-13-17(14-12-16)21(26)23-15-7-3-2-4-10-20(25)24-19-9-6-5-8-18(19)22/h5-6,8-9,11-14H,2-4,7,10,15,22H2,1H3,(H,23,26)(H,24,25). The van der Waals surface area contributed by atoms with Crippen LogP contribution in [0.1, 0.15) is 48.0 Å². The van der Waals surface area contributed by atoms with E-state index in [0.29, 0.717) is 29.9 Å². The number of hydrogen-bond donors (Lipinski definition) is 3. The van der Waals surface area contributed by atoms with Crippen molar-refractivity contribution in [2.75, 3.05) is 17.6 Å². The molecule has 4 N–H and O–H groups in total. The van der Waals surface area contributed by atoms with Crippen molar-refractivity contribution in [2.24, 2.45) is 0 Å². The number of benzene rings is 2. The van der Waals surface area contributed by atoms with Gasteiger partial charge in [0.25, 0.3) is 5.91 Å². The minimum absolute atomic E-state index is 0.0180. The molecule has 5 nitrogen and oxygen atoms in total. The van der Waals surface area contributed by atoms with Gasteiger partial charge in [0.1, 0.15) is 0 Å². The van der Waals surface area contributed by atoms with Crippen LogP contribution in [0.5, 0.6) is 0 Å². The minimum atomic E-state index is -0.0372. The van der Waals surface area contributed by atoms with E-state index in [1.54, 1.807) is 12.1 Å². The van der Waals surface area contributed by atoms with Gasteiger partial charge in [-0.2, -0.15) is 0 Å². The van der Waals surface area contributed by atoms with Crippen LogP contribution >= 0.6 is 0 Å². The number of para-hydroxylation sites is 2. The number of nitrogens with one attached hydrogen (secondary N) is 2. The van der Waals surface area contributed by atoms with E-state index < -0.39 is 0 Å². The summed E-state index contributed by atoms with van der Waals surface area (Å²) in [5.74, 6) is -0.0552. The highest BCUT2D eigenvalue weighted by atomic mass is 16.2. The predicted octanol–water partition coefficient (Wildman–Crippen LogP) is 3.90. The largest absolute Gasteiger partial charge is 0.397 e. The quantitative estimate of drug-likeness (QED) is 0.472. The summed E-state index contributed by atoms with van der Waals surface area (Å²) in [5, 5.41) is 5.75. The van der Waals surface area contributed by atoms with Crippen LogP contribution in [0.15, 0.2) is 48.5 Å². The molecule has 2 aromatic rings. The molecule has 0 radical (unpaired) electrons. The average molecular weight is 353 g/mol. The summed E-state index contributed by atoms with van der Waals surface area (Å²) in [6.45, 7) is 2.65. The lowest BCUT2D eigenvalue weighted by atomic mass is 10.1. The molecule has 0 aliphatic rings. The Morgan fingerprint density at radius 3 is 2.35 bits per heavy atom. The first-order valence-electron chi connectivity index (χ1n) is 9.05. The second-order valence-electron chi connectivity index (χ2n) is 6.42. The van der Waals surface area contributed by atoms with Gasteiger partial charge in [-0.15, -0.1) is 0 Å². The second kappa shape index (κ2) is 10.2. The number of unbranched alkanes of at least 4 members (excludes halogenated alkanes) is 3. The summed E-state index contributed by atoms with van der Waals surface area (Å²) < 4.78 is 0. The maximum absolute atomic E-state index is 12.0. The molecule has 26 heavy (non-hydrogen) atoms. The number of rotatable bonds is 9. The summed E-state index contributed by atoms with van der Waals surface area (Å²) in [5.41, 5.74) is 8.87. The normalized spacial score (nSPS) is 10.3. The first-order chi connectivity index (χ1) is 12.6. The summed E-state index contributed by atoms with van der Waals surface area (Å²) >= 11 is 0. The van der Waals surface area contributed by atoms with Crippen LogP contribution in [-0.4, -0.2) is 18.4 Å². The van der Waals surface area contributed by atoms with E-state index in [4.69, 9.17) is 5.73 Å². The molecule has 0 saturated carbocycles. The van der Waals surface area contributed by atoms with E-state index in [-0.39, 0.29) is 11.8 Å². The van der Waals surface area contributed by atoms with Gasteiger partial charge in [0.2, 0.25) is 5.91 Å². The molecular weight excluding hydrogens is 326 g/mol. The number of nitrogens with two attached hydrogens (primary N) is 1. The van der Waals surface area contributed by atoms with Crippen molar-refractivity contribution < 1.29 is 9.59 Å². The highest BCUT2D eigenvalue weighted by Gasteiger charge is 2.05. The Labute approximate surface area is 155 Å². The number of aryl methyl sites for hydroxylation is 1. The third-order valence-corrected chi connectivity index (χ3v) is 4.16. The average Bonchev–Trinajstić information content (AvgIpc) is 2.63. The zero-order valence-electron chi connectivity index (χ0n) is 15.3. The van der Waals surface area contributed by atoms with Gasteiger partial charge in [-0.1, -0.05) is 42.7 Å². The molecular formula is C21H27N3O2. The smallest absolute Gasteiger partial charge is 0.251 e. The Balaban J connectivity index is 1.54. The van der Waals surface area contributed by atoms with Gasteiger partial charge in [-0.25, -0.2) is 0 Å². The van der Waals surface area contributed by atoms with Gasteiger partial charge < -0.3 is 16.4 Å². The lowest BCUT2D eigenvalue weighted by molar-refractivity contribution is -0.116. The van der Waals surface area contributed by atoms with Crippen molar-refractivity contribution in [3.8, 4) is 0 Å². The highest BCUT2D eigenvalue weighted by molar-refractivity contribution is 5.94. The molecule has 0 heterocycles. The Hall–Kier alpha value is -2.82. The molecule has 0 aromatic heterocycles. The van der Waals surface area contributed by atoms with Crippen LogP contribution in [0.4, 0.5) is 11.4 Å². The lowest BCUT2D eigenvalue weighted by Gasteiger charge is -2.08. The molecule has 2 amide bonds. The predicted molar refractivity (Wildman–Crippen MR) is 106 cm³/mol. The van der Waals surface area contributed by atoms with Crippen LogP contribution in [0, 0.1) is 6.92 Å². The van der Waals surface area contributed by atoms with Crippen LogP contribution in [0.2, 0.25) is 0 Å². The zero-order chi connectivity index (χ0) is 18.8. The number of carbonyl (C=O) groups is 2. The van der Waals surface area contributed by atoms with Gasteiger partial charge in [0, 0.05) is 18.5 Å². The fourth-order valence-electron chi connectivity index (χ4n) is 2.60. The number of hydrogen-bond acceptors (Lipinski definition) is 3. The van der Waals surface area contributed by atoms with E-state index >= 15 is 0 Å². The van der Waals surface area contributed by atoms with Crippen LogP contribution in [0.3, 0.4) is 0 Å². The molecule has 0 bridgehead atoms. The Kier molecular flexibility index (Phi) is 7.68. The monoisotopic (exact) mass is 353 g/mol. The third-order valence-electron chi connectivity index (χ3n) is 4.16. The SMILES string of the molecule is Cc1ccc(C(=O)NCCCCCCC(=O)Nc2ccccc2N)cc1. The lowest BCUT2D eigenvalue weighted by Crippen LogP contribution is -2.24. The molecule has 5 heteroatoms. The molecule has 0 aliphatic carbocycles. The second-order valence-corrected chi connectivity index (χ2v) is 6.42. The van der Waals surface area contributed by atoms with Gasteiger partial charge in [-0.05, 0) is 44.0 Å². The molecule has 0 aliphatic heterocycles. The van der Waals surface area contributed by atoms with E-state index in [1.807, 2.05) is 43.3 Å². The number of amides is 2. The number of nitrogen functional groups attached to an aromatic ring is 1. The van der Waals surface area contributed by atoms with E-state index in [9.17, 15) is 9.59 Å². The van der Waals surface area contributed by atoms with Crippen LogP contribution in [-0.2, 0) is 4.79 Å². The zero-order valence-corrected chi connectivity index (χ0v) is 15.3. The van der Waals surface area contributed by atoms with E-state index in [2.05, 4.69) is 10.6 Å². The highest BCUT2D eigenvalue weighted by Crippen LogP contribution is 2.17. The van der Waals surface area contributed by atoms with E-state index in [0.717, 1.165) is 31.2 Å². The maximum Gasteiger partial charge on any atom is 0.251 e.